The molecular formula is C17H28N2. The lowest BCUT2D eigenvalue weighted by atomic mass is 10.0. The van der Waals surface area contributed by atoms with Crippen molar-refractivity contribution in [2.45, 2.75) is 58.5 Å². The van der Waals surface area contributed by atoms with E-state index in [1.165, 1.54) is 43.5 Å². The Morgan fingerprint density at radius 1 is 1.32 bits per heavy atom. The Balaban J connectivity index is 2.20. The van der Waals surface area contributed by atoms with Gasteiger partial charge in [0.05, 0.1) is 0 Å². The SMILES string of the molecule is CCCNC(C)c1ccccc1N1CCCC1CC. The van der Waals surface area contributed by atoms with Crippen molar-refractivity contribution in [2.24, 2.45) is 0 Å². The van der Waals surface area contributed by atoms with Crippen molar-refractivity contribution >= 4 is 5.69 Å². The molecule has 0 saturated carbocycles. The van der Waals surface area contributed by atoms with Crippen molar-refractivity contribution in [1.82, 2.24) is 5.32 Å². The first-order valence-corrected chi connectivity index (χ1v) is 7.86. The van der Waals surface area contributed by atoms with Crippen LogP contribution < -0.4 is 10.2 Å². The van der Waals surface area contributed by atoms with Crippen LogP contribution >= 0.6 is 0 Å². The van der Waals surface area contributed by atoms with Crippen molar-refractivity contribution in [3.63, 3.8) is 0 Å². The summed E-state index contributed by atoms with van der Waals surface area (Å²) in [5.74, 6) is 0. The Morgan fingerprint density at radius 2 is 2.11 bits per heavy atom. The molecule has 2 rings (SSSR count). The van der Waals surface area contributed by atoms with Gasteiger partial charge in [-0.2, -0.15) is 0 Å². The molecule has 0 amide bonds. The molecule has 1 fully saturated rings. The minimum Gasteiger partial charge on any atom is -0.368 e. The van der Waals surface area contributed by atoms with Gasteiger partial charge in [0.25, 0.3) is 0 Å². The Morgan fingerprint density at radius 3 is 2.84 bits per heavy atom. The van der Waals surface area contributed by atoms with Gasteiger partial charge in [0.2, 0.25) is 0 Å². The Labute approximate surface area is 118 Å². The first kappa shape index (κ1) is 14.4. The summed E-state index contributed by atoms with van der Waals surface area (Å²) in [5, 5.41) is 3.62. The van der Waals surface area contributed by atoms with Crippen LogP contribution in [0.25, 0.3) is 0 Å². The summed E-state index contributed by atoms with van der Waals surface area (Å²) in [7, 11) is 0. The molecule has 2 nitrogen and oxygen atoms in total. The molecule has 1 aliphatic rings. The molecule has 0 radical (unpaired) electrons. The van der Waals surface area contributed by atoms with Crippen LogP contribution in [0, 0.1) is 0 Å². The van der Waals surface area contributed by atoms with E-state index in [2.05, 4.69) is 55.3 Å². The van der Waals surface area contributed by atoms with Crippen molar-refractivity contribution < 1.29 is 0 Å². The summed E-state index contributed by atoms with van der Waals surface area (Å²) < 4.78 is 0. The predicted octanol–water partition coefficient (Wildman–Crippen LogP) is 4.13. The van der Waals surface area contributed by atoms with Gasteiger partial charge in [0.15, 0.2) is 0 Å². The van der Waals surface area contributed by atoms with Gasteiger partial charge in [-0.05, 0) is 50.8 Å². The van der Waals surface area contributed by atoms with Crippen molar-refractivity contribution in [3.05, 3.63) is 29.8 Å². The van der Waals surface area contributed by atoms with Gasteiger partial charge in [0, 0.05) is 24.3 Å². The maximum absolute atomic E-state index is 3.62. The lowest BCUT2D eigenvalue weighted by Gasteiger charge is -2.30. The average molecular weight is 260 g/mol. The number of nitrogens with one attached hydrogen (secondary N) is 1. The quantitative estimate of drug-likeness (QED) is 0.827. The number of anilines is 1. The zero-order chi connectivity index (χ0) is 13.7. The molecule has 1 heterocycles. The molecule has 0 aliphatic carbocycles. The molecule has 1 aromatic carbocycles. The van der Waals surface area contributed by atoms with Gasteiger partial charge in [-0.25, -0.2) is 0 Å². The second-order valence-corrected chi connectivity index (χ2v) is 5.63. The van der Waals surface area contributed by atoms with Crippen LogP contribution in [0.2, 0.25) is 0 Å². The average Bonchev–Trinajstić information content (AvgIpc) is 2.93. The molecule has 2 atom stereocenters. The zero-order valence-electron chi connectivity index (χ0n) is 12.7. The predicted molar refractivity (Wildman–Crippen MR) is 83.8 cm³/mol. The molecule has 2 unspecified atom stereocenters. The lowest BCUT2D eigenvalue weighted by molar-refractivity contribution is 0.566. The highest BCUT2D eigenvalue weighted by atomic mass is 15.2. The molecule has 19 heavy (non-hydrogen) atoms. The molecule has 0 aromatic heterocycles. The van der Waals surface area contributed by atoms with Crippen LogP contribution in [-0.4, -0.2) is 19.1 Å². The van der Waals surface area contributed by atoms with E-state index in [1.54, 1.807) is 0 Å². The molecule has 1 aromatic rings. The second kappa shape index (κ2) is 6.95. The summed E-state index contributed by atoms with van der Waals surface area (Å²) in [6.45, 7) is 9.12. The van der Waals surface area contributed by atoms with Crippen LogP contribution in [0.15, 0.2) is 24.3 Å². The first-order chi connectivity index (χ1) is 9.27. The van der Waals surface area contributed by atoms with Crippen LogP contribution in [0.4, 0.5) is 5.69 Å². The number of benzene rings is 1. The normalized spacial score (nSPS) is 20.8. The third-order valence-corrected chi connectivity index (χ3v) is 4.26. The third kappa shape index (κ3) is 3.30. The van der Waals surface area contributed by atoms with Gasteiger partial charge >= 0.3 is 0 Å². The fraction of sp³-hybridized carbons (Fsp3) is 0.647. The first-order valence-electron chi connectivity index (χ1n) is 7.86. The number of hydrogen-bond donors (Lipinski definition) is 1. The number of hydrogen-bond acceptors (Lipinski definition) is 2. The molecule has 1 saturated heterocycles. The topological polar surface area (TPSA) is 15.3 Å². The number of nitrogens with zero attached hydrogens (tertiary/aromatic N) is 1. The Kier molecular flexibility index (Phi) is 5.26. The van der Waals surface area contributed by atoms with E-state index in [0.29, 0.717) is 6.04 Å². The van der Waals surface area contributed by atoms with Gasteiger partial charge in [-0.15, -0.1) is 0 Å². The number of para-hydroxylation sites is 1. The van der Waals surface area contributed by atoms with Crippen LogP contribution in [0.5, 0.6) is 0 Å². The summed E-state index contributed by atoms with van der Waals surface area (Å²) in [6, 6.07) is 10.1. The van der Waals surface area contributed by atoms with Crippen molar-refractivity contribution in [2.75, 3.05) is 18.0 Å². The molecule has 1 aliphatic heterocycles. The summed E-state index contributed by atoms with van der Waals surface area (Å²) in [6.07, 6.45) is 5.13. The van der Waals surface area contributed by atoms with E-state index in [-0.39, 0.29) is 0 Å². The van der Waals surface area contributed by atoms with Crippen LogP contribution in [0.3, 0.4) is 0 Å². The highest BCUT2D eigenvalue weighted by Crippen LogP contribution is 2.32. The number of rotatable bonds is 6. The van der Waals surface area contributed by atoms with E-state index < -0.39 is 0 Å². The Hall–Kier alpha value is -1.02. The van der Waals surface area contributed by atoms with E-state index >= 15 is 0 Å². The summed E-state index contributed by atoms with van der Waals surface area (Å²) in [5.41, 5.74) is 2.90. The molecule has 2 heteroatoms. The molecular weight excluding hydrogens is 232 g/mol. The van der Waals surface area contributed by atoms with Crippen molar-refractivity contribution in [1.29, 1.82) is 0 Å². The fourth-order valence-electron chi connectivity index (χ4n) is 3.16. The van der Waals surface area contributed by atoms with Crippen LogP contribution in [0.1, 0.15) is 58.1 Å². The van der Waals surface area contributed by atoms with E-state index in [1.807, 2.05) is 0 Å². The maximum Gasteiger partial charge on any atom is 0.0417 e. The van der Waals surface area contributed by atoms with Crippen molar-refractivity contribution in [3.8, 4) is 0 Å². The fourth-order valence-corrected chi connectivity index (χ4v) is 3.16. The van der Waals surface area contributed by atoms with Gasteiger partial charge < -0.3 is 10.2 Å². The minimum absolute atomic E-state index is 0.439. The highest BCUT2D eigenvalue weighted by Gasteiger charge is 2.25. The van der Waals surface area contributed by atoms with E-state index in [9.17, 15) is 0 Å². The smallest absolute Gasteiger partial charge is 0.0417 e. The summed E-state index contributed by atoms with van der Waals surface area (Å²) >= 11 is 0. The standard InChI is InChI=1S/C17H28N2/c1-4-12-18-14(3)16-10-6-7-11-17(16)19-13-8-9-15(19)5-2/h6-7,10-11,14-15,18H,4-5,8-9,12-13H2,1-3H3. The Bertz CT molecular complexity index is 389. The monoisotopic (exact) mass is 260 g/mol. The molecule has 0 bridgehead atoms. The second-order valence-electron chi connectivity index (χ2n) is 5.63. The highest BCUT2D eigenvalue weighted by molar-refractivity contribution is 5.56. The molecule has 106 valence electrons. The summed E-state index contributed by atoms with van der Waals surface area (Å²) in [4.78, 5) is 2.62. The van der Waals surface area contributed by atoms with E-state index in [0.717, 1.165) is 12.6 Å². The minimum atomic E-state index is 0.439. The van der Waals surface area contributed by atoms with Gasteiger partial charge in [-0.3, -0.25) is 0 Å². The van der Waals surface area contributed by atoms with Gasteiger partial charge in [0.1, 0.15) is 0 Å². The lowest BCUT2D eigenvalue weighted by Crippen LogP contribution is -2.31. The largest absolute Gasteiger partial charge is 0.368 e. The van der Waals surface area contributed by atoms with E-state index in [4.69, 9.17) is 0 Å². The zero-order valence-corrected chi connectivity index (χ0v) is 12.7. The molecule has 0 spiro atoms. The maximum atomic E-state index is 3.62. The van der Waals surface area contributed by atoms with Gasteiger partial charge in [-0.1, -0.05) is 32.0 Å². The third-order valence-electron chi connectivity index (χ3n) is 4.26. The molecule has 1 N–H and O–H groups in total. The van der Waals surface area contributed by atoms with Crippen LogP contribution in [-0.2, 0) is 0 Å².